The first kappa shape index (κ1) is 13.1. The molecule has 0 heterocycles. The molecule has 0 unspecified atom stereocenters. The Morgan fingerprint density at radius 3 is 2.88 bits per heavy atom. The van der Waals surface area contributed by atoms with Crippen LogP contribution >= 0.6 is 0 Å². The van der Waals surface area contributed by atoms with Crippen LogP contribution in [0.4, 0.5) is 20.6 Å². The minimum Gasteiger partial charge on any atom is -0.465 e. The van der Waals surface area contributed by atoms with E-state index in [4.69, 9.17) is 10.8 Å². The molecule has 1 aromatic carbocycles. The number of anilines is 2. The van der Waals surface area contributed by atoms with Crippen LogP contribution < -0.4 is 11.1 Å². The number of nitrogen functional groups attached to an aromatic ring is 1. The first-order valence-electron chi connectivity index (χ1n) is 5.23. The summed E-state index contributed by atoms with van der Waals surface area (Å²) >= 11 is 0. The van der Waals surface area contributed by atoms with Gasteiger partial charge >= 0.3 is 6.09 Å². The molecule has 1 amide bonds. The average molecular weight is 241 g/mol. The van der Waals surface area contributed by atoms with Crippen molar-refractivity contribution in [2.75, 3.05) is 31.2 Å². The summed E-state index contributed by atoms with van der Waals surface area (Å²) in [6.07, 6.45) is -0.300. The molecule has 5 nitrogen and oxygen atoms in total. The number of hydrogen-bond donors (Lipinski definition) is 3. The van der Waals surface area contributed by atoms with Crippen LogP contribution in [0.15, 0.2) is 18.2 Å². The summed E-state index contributed by atoms with van der Waals surface area (Å²) in [6.45, 7) is 1.01. The van der Waals surface area contributed by atoms with Crippen molar-refractivity contribution in [2.45, 2.75) is 6.42 Å². The van der Waals surface area contributed by atoms with Gasteiger partial charge in [0, 0.05) is 20.1 Å². The van der Waals surface area contributed by atoms with Crippen molar-refractivity contribution in [3.8, 4) is 0 Å². The number of amides is 1. The van der Waals surface area contributed by atoms with Crippen molar-refractivity contribution in [1.82, 2.24) is 4.90 Å². The highest BCUT2D eigenvalue weighted by Crippen LogP contribution is 2.18. The van der Waals surface area contributed by atoms with Crippen molar-refractivity contribution in [3.05, 3.63) is 24.0 Å². The molecule has 0 atom stereocenters. The summed E-state index contributed by atoms with van der Waals surface area (Å²) in [5.41, 5.74) is 6.61. The third-order valence-corrected chi connectivity index (χ3v) is 2.33. The topological polar surface area (TPSA) is 78.6 Å². The molecule has 0 bridgehead atoms. The lowest BCUT2D eigenvalue weighted by atomic mass is 10.2. The summed E-state index contributed by atoms with van der Waals surface area (Å²) in [6, 6.07) is 4.12. The van der Waals surface area contributed by atoms with Crippen molar-refractivity contribution < 1.29 is 14.3 Å². The van der Waals surface area contributed by atoms with E-state index in [1.807, 2.05) is 0 Å². The Morgan fingerprint density at radius 1 is 1.59 bits per heavy atom. The third kappa shape index (κ3) is 4.18. The van der Waals surface area contributed by atoms with Gasteiger partial charge in [0.15, 0.2) is 0 Å². The molecule has 6 heteroatoms. The van der Waals surface area contributed by atoms with E-state index in [0.717, 1.165) is 0 Å². The largest absolute Gasteiger partial charge is 0.465 e. The molecule has 0 fully saturated rings. The fourth-order valence-electron chi connectivity index (χ4n) is 1.33. The molecule has 94 valence electrons. The summed E-state index contributed by atoms with van der Waals surface area (Å²) in [5, 5.41) is 11.6. The van der Waals surface area contributed by atoms with Gasteiger partial charge in [-0.1, -0.05) is 0 Å². The van der Waals surface area contributed by atoms with Crippen LogP contribution in [0, 0.1) is 5.82 Å². The fourth-order valence-corrected chi connectivity index (χ4v) is 1.33. The van der Waals surface area contributed by atoms with Gasteiger partial charge in [-0.2, -0.15) is 0 Å². The maximum atomic E-state index is 12.8. The van der Waals surface area contributed by atoms with Crippen LogP contribution in [-0.2, 0) is 0 Å². The highest BCUT2D eigenvalue weighted by molar-refractivity contribution is 5.66. The first-order chi connectivity index (χ1) is 8.00. The number of benzene rings is 1. The Kier molecular flexibility index (Phi) is 4.56. The van der Waals surface area contributed by atoms with Gasteiger partial charge in [-0.3, -0.25) is 0 Å². The van der Waals surface area contributed by atoms with Crippen molar-refractivity contribution in [3.63, 3.8) is 0 Å². The van der Waals surface area contributed by atoms with Crippen LogP contribution in [0.1, 0.15) is 6.42 Å². The van der Waals surface area contributed by atoms with Gasteiger partial charge < -0.3 is 21.1 Å². The highest BCUT2D eigenvalue weighted by atomic mass is 19.1. The zero-order chi connectivity index (χ0) is 12.8. The van der Waals surface area contributed by atoms with Gasteiger partial charge in [0.2, 0.25) is 0 Å². The predicted octanol–water partition coefficient (Wildman–Crippen LogP) is 1.82. The van der Waals surface area contributed by atoms with E-state index >= 15 is 0 Å². The van der Waals surface area contributed by atoms with E-state index in [1.165, 1.54) is 24.1 Å². The Balaban J connectivity index is 2.34. The van der Waals surface area contributed by atoms with Crippen LogP contribution in [0.2, 0.25) is 0 Å². The Bertz CT molecular complexity index is 398. The molecular weight excluding hydrogens is 225 g/mol. The minimum atomic E-state index is -0.953. The Hall–Kier alpha value is -1.98. The molecular formula is C11H16FN3O2. The zero-order valence-electron chi connectivity index (χ0n) is 9.61. The standard InChI is InChI=1S/C11H16FN3O2/c1-15(11(16)17)6-2-5-14-10-4-3-8(12)7-9(10)13/h3-4,7,14H,2,5-6,13H2,1H3,(H,16,17). The van der Waals surface area contributed by atoms with Crippen LogP contribution in [-0.4, -0.2) is 36.2 Å². The summed E-state index contributed by atoms with van der Waals surface area (Å²) in [7, 11) is 1.51. The number of nitrogens with zero attached hydrogens (tertiary/aromatic N) is 1. The van der Waals surface area contributed by atoms with Gasteiger partial charge in [-0.25, -0.2) is 9.18 Å². The van der Waals surface area contributed by atoms with E-state index in [9.17, 15) is 9.18 Å². The number of carbonyl (C=O) groups is 1. The minimum absolute atomic E-state index is 0.344. The lowest BCUT2D eigenvalue weighted by Gasteiger charge is -2.13. The molecule has 1 rings (SSSR count). The monoisotopic (exact) mass is 241 g/mol. The van der Waals surface area contributed by atoms with Crippen molar-refractivity contribution in [2.24, 2.45) is 0 Å². The molecule has 0 aliphatic heterocycles. The second-order valence-corrected chi connectivity index (χ2v) is 3.72. The summed E-state index contributed by atoms with van der Waals surface area (Å²) in [4.78, 5) is 11.7. The molecule has 1 aromatic rings. The Labute approximate surface area is 99.0 Å². The zero-order valence-corrected chi connectivity index (χ0v) is 9.61. The van der Waals surface area contributed by atoms with E-state index in [2.05, 4.69) is 5.32 Å². The molecule has 0 saturated carbocycles. The van der Waals surface area contributed by atoms with Crippen LogP contribution in [0.3, 0.4) is 0 Å². The number of nitrogens with one attached hydrogen (secondary N) is 1. The average Bonchev–Trinajstić information content (AvgIpc) is 2.26. The van der Waals surface area contributed by atoms with Crippen LogP contribution in [0.25, 0.3) is 0 Å². The normalized spacial score (nSPS) is 10.0. The van der Waals surface area contributed by atoms with Crippen molar-refractivity contribution >= 4 is 17.5 Å². The highest BCUT2D eigenvalue weighted by Gasteiger charge is 2.04. The molecule has 0 aliphatic rings. The van der Waals surface area contributed by atoms with Crippen molar-refractivity contribution in [1.29, 1.82) is 0 Å². The molecule has 0 radical (unpaired) electrons. The maximum Gasteiger partial charge on any atom is 0.407 e. The van der Waals surface area contributed by atoms with Gasteiger partial charge in [0.05, 0.1) is 11.4 Å². The lowest BCUT2D eigenvalue weighted by Crippen LogP contribution is -2.26. The third-order valence-electron chi connectivity index (χ3n) is 2.33. The van der Waals surface area contributed by atoms with Gasteiger partial charge in [-0.05, 0) is 24.6 Å². The number of nitrogens with two attached hydrogens (primary N) is 1. The van der Waals surface area contributed by atoms with Gasteiger partial charge in [-0.15, -0.1) is 0 Å². The number of rotatable bonds is 5. The quantitative estimate of drug-likeness (QED) is 0.542. The van der Waals surface area contributed by atoms with Gasteiger partial charge in [0.1, 0.15) is 5.82 Å². The SMILES string of the molecule is CN(CCCNc1ccc(F)cc1N)C(=O)O. The molecule has 0 saturated heterocycles. The Morgan fingerprint density at radius 2 is 2.29 bits per heavy atom. The molecule has 0 aromatic heterocycles. The predicted molar refractivity (Wildman–Crippen MR) is 64.6 cm³/mol. The van der Waals surface area contributed by atoms with E-state index in [-0.39, 0.29) is 5.82 Å². The second-order valence-electron chi connectivity index (χ2n) is 3.72. The number of halogens is 1. The van der Waals surface area contributed by atoms with E-state index in [0.29, 0.717) is 30.9 Å². The van der Waals surface area contributed by atoms with Crippen LogP contribution in [0.5, 0.6) is 0 Å². The number of carboxylic acid groups (broad SMARTS) is 1. The molecule has 0 aliphatic carbocycles. The van der Waals surface area contributed by atoms with E-state index in [1.54, 1.807) is 6.07 Å². The smallest absolute Gasteiger partial charge is 0.407 e. The second kappa shape index (κ2) is 5.93. The molecule has 0 spiro atoms. The fraction of sp³-hybridized carbons (Fsp3) is 0.364. The van der Waals surface area contributed by atoms with Gasteiger partial charge in [0.25, 0.3) is 0 Å². The van der Waals surface area contributed by atoms with E-state index < -0.39 is 6.09 Å². The first-order valence-corrected chi connectivity index (χ1v) is 5.23. The molecule has 4 N–H and O–H groups in total. The molecule has 17 heavy (non-hydrogen) atoms. The summed E-state index contributed by atoms with van der Waals surface area (Å²) < 4.78 is 12.8. The maximum absolute atomic E-state index is 12.8. The number of hydrogen-bond acceptors (Lipinski definition) is 3. The summed E-state index contributed by atoms with van der Waals surface area (Å²) in [5.74, 6) is -0.376. The lowest BCUT2D eigenvalue weighted by molar-refractivity contribution is 0.156.